The molecule has 1 heterocycles. The Kier molecular flexibility index (Phi) is 7.33. The predicted molar refractivity (Wildman–Crippen MR) is 121 cm³/mol. The molecule has 8 heteroatoms. The maximum atomic E-state index is 12.8. The lowest BCUT2D eigenvalue weighted by Crippen LogP contribution is -2.40. The van der Waals surface area contributed by atoms with Crippen molar-refractivity contribution in [1.82, 2.24) is 15.6 Å². The van der Waals surface area contributed by atoms with Crippen LogP contribution in [0.25, 0.3) is 10.9 Å². The molecule has 0 bridgehead atoms. The quantitative estimate of drug-likeness (QED) is 0.683. The molecule has 172 valence electrons. The third-order valence-corrected chi connectivity index (χ3v) is 5.52. The zero-order valence-corrected chi connectivity index (χ0v) is 19.1. The first-order chi connectivity index (χ1) is 15.2. The average Bonchev–Trinajstić information content (AvgIpc) is 2.76. The van der Waals surface area contributed by atoms with Gasteiger partial charge in [-0.3, -0.25) is 9.78 Å². The van der Waals surface area contributed by atoms with Crippen LogP contribution in [0.2, 0.25) is 0 Å². The zero-order valence-electron chi connectivity index (χ0n) is 19.1. The van der Waals surface area contributed by atoms with Crippen molar-refractivity contribution in [2.24, 2.45) is 5.92 Å². The van der Waals surface area contributed by atoms with Gasteiger partial charge in [-0.25, -0.2) is 9.59 Å². The minimum atomic E-state index is -0.511. The molecule has 1 aromatic heterocycles. The second-order valence-corrected chi connectivity index (χ2v) is 9.16. The van der Waals surface area contributed by atoms with E-state index in [2.05, 4.69) is 15.6 Å². The summed E-state index contributed by atoms with van der Waals surface area (Å²) in [4.78, 5) is 40.9. The van der Waals surface area contributed by atoms with Crippen LogP contribution in [-0.2, 0) is 9.47 Å². The number of ether oxygens (including phenoxy) is 2. The molecule has 2 aromatic rings. The molecule has 1 fully saturated rings. The Morgan fingerprint density at radius 3 is 2.47 bits per heavy atom. The first-order valence-electron chi connectivity index (χ1n) is 10.9. The molecule has 3 rings (SSSR count). The minimum absolute atomic E-state index is 0.0740. The number of hydrogen-bond donors (Lipinski definition) is 2. The monoisotopic (exact) mass is 441 g/mol. The predicted octanol–water partition coefficient (Wildman–Crippen LogP) is 3.83. The number of fused-ring (bicyclic) bond motifs is 1. The number of rotatable bonds is 5. The van der Waals surface area contributed by atoms with Crippen molar-refractivity contribution in [3.8, 4) is 0 Å². The van der Waals surface area contributed by atoms with Crippen LogP contribution in [0.15, 0.2) is 30.5 Å². The number of pyridine rings is 1. The Morgan fingerprint density at radius 2 is 1.81 bits per heavy atom. The number of nitrogens with one attached hydrogen (secondary N) is 2. The fraction of sp³-hybridized carbons (Fsp3) is 0.500. The highest BCUT2D eigenvalue weighted by Gasteiger charge is 2.24. The van der Waals surface area contributed by atoms with Crippen LogP contribution in [0.4, 0.5) is 4.79 Å². The Bertz CT molecular complexity index is 991. The van der Waals surface area contributed by atoms with Crippen molar-refractivity contribution in [2.75, 3.05) is 13.7 Å². The van der Waals surface area contributed by atoms with Gasteiger partial charge in [-0.1, -0.05) is 0 Å². The molecular formula is C24H31N3O5. The Labute approximate surface area is 188 Å². The van der Waals surface area contributed by atoms with Gasteiger partial charge in [0.15, 0.2) is 0 Å². The first-order valence-corrected chi connectivity index (χ1v) is 10.9. The number of carbonyl (C=O) groups is 3. The maximum absolute atomic E-state index is 12.8. The van der Waals surface area contributed by atoms with E-state index >= 15 is 0 Å². The molecule has 0 unspecified atom stereocenters. The smallest absolute Gasteiger partial charge is 0.407 e. The van der Waals surface area contributed by atoms with Gasteiger partial charge in [0.25, 0.3) is 5.91 Å². The third-order valence-electron chi connectivity index (χ3n) is 5.52. The van der Waals surface area contributed by atoms with Crippen molar-refractivity contribution < 1.29 is 23.9 Å². The molecule has 0 atom stereocenters. The molecule has 2 amide bonds. The van der Waals surface area contributed by atoms with Gasteiger partial charge in [0, 0.05) is 29.7 Å². The fourth-order valence-electron chi connectivity index (χ4n) is 3.90. The molecule has 32 heavy (non-hydrogen) atoms. The fourth-order valence-corrected chi connectivity index (χ4v) is 3.90. The summed E-state index contributed by atoms with van der Waals surface area (Å²) in [6.45, 7) is 6.08. The molecule has 0 aliphatic heterocycles. The number of hydrogen-bond acceptors (Lipinski definition) is 6. The molecule has 1 aromatic carbocycles. The third kappa shape index (κ3) is 6.18. The van der Waals surface area contributed by atoms with Crippen molar-refractivity contribution in [1.29, 1.82) is 0 Å². The van der Waals surface area contributed by atoms with Gasteiger partial charge in [-0.2, -0.15) is 0 Å². The van der Waals surface area contributed by atoms with E-state index in [0.29, 0.717) is 34.5 Å². The topological polar surface area (TPSA) is 107 Å². The largest absolute Gasteiger partial charge is 0.465 e. The SMILES string of the molecule is COC(=O)c1ccnc2ccc(C(=O)NC3CCC(CNC(=O)OC(C)(C)C)CC3)cc12. The van der Waals surface area contributed by atoms with E-state index in [9.17, 15) is 14.4 Å². The van der Waals surface area contributed by atoms with Gasteiger partial charge >= 0.3 is 12.1 Å². The van der Waals surface area contributed by atoms with Gasteiger partial charge in [-0.15, -0.1) is 0 Å². The molecule has 0 saturated heterocycles. The van der Waals surface area contributed by atoms with Gasteiger partial charge in [0.2, 0.25) is 0 Å². The molecule has 2 N–H and O–H groups in total. The van der Waals surface area contributed by atoms with Crippen LogP contribution in [-0.4, -0.2) is 48.3 Å². The maximum Gasteiger partial charge on any atom is 0.407 e. The van der Waals surface area contributed by atoms with E-state index in [1.165, 1.54) is 7.11 Å². The number of carbonyl (C=O) groups excluding carboxylic acids is 3. The normalized spacial score (nSPS) is 18.6. The summed E-state index contributed by atoms with van der Waals surface area (Å²) < 4.78 is 10.1. The number of amides is 2. The lowest BCUT2D eigenvalue weighted by molar-refractivity contribution is 0.0513. The number of aromatic nitrogens is 1. The van der Waals surface area contributed by atoms with Gasteiger partial charge in [0.05, 0.1) is 18.2 Å². The lowest BCUT2D eigenvalue weighted by Gasteiger charge is -2.29. The van der Waals surface area contributed by atoms with Crippen molar-refractivity contribution in [3.05, 3.63) is 41.6 Å². The van der Waals surface area contributed by atoms with E-state index in [0.717, 1.165) is 25.7 Å². The van der Waals surface area contributed by atoms with Crippen LogP contribution in [0.5, 0.6) is 0 Å². The highest BCUT2D eigenvalue weighted by Crippen LogP contribution is 2.25. The summed E-state index contributed by atoms with van der Waals surface area (Å²) in [7, 11) is 1.32. The average molecular weight is 442 g/mol. The number of esters is 1. The molecule has 8 nitrogen and oxygen atoms in total. The molecule has 1 saturated carbocycles. The van der Waals surface area contributed by atoms with Gasteiger partial charge in [0.1, 0.15) is 5.60 Å². The standard InChI is InChI=1S/C24H31N3O5/c1-24(2,3)32-23(30)26-14-15-5-8-17(9-6-15)27-21(28)16-7-10-20-19(13-16)18(11-12-25-20)22(29)31-4/h7,10-13,15,17H,5-6,8-9,14H2,1-4H3,(H,26,30)(H,27,28). The van der Waals surface area contributed by atoms with E-state index in [1.807, 2.05) is 20.8 Å². The van der Waals surface area contributed by atoms with Crippen molar-refractivity contribution in [3.63, 3.8) is 0 Å². The molecule has 0 radical (unpaired) electrons. The highest BCUT2D eigenvalue weighted by molar-refractivity contribution is 6.06. The van der Waals surface area contributed by atoms with Gasteiger partial charge in [-0.05, 0) is 76.6 Å². The summed E-state index contributed by atoms with van der Waals surface area (Å²) in [5.74, 6) is -0.278. The van der Waals surface area contributed by atoms with Crippen LogP contribution in [0.1, 0.15) is 67.2 Å². The summed E-state index contributed by atoms with van der Waals surface area (Å²) in [6.07, 6.45) is 4.66. The van der Waals surface area contributed by atoms with Crippen molar-refractivity contribution in [2.45, 2.75) is 58.1 Å². The summed E-state index contributed by atoms with van der Waals surface area (Å²) in [6, 6.07) is 6.78. The Morgan fingerprint density at radius 1 is 1.09 bits per heavy atom. The lowest BCUT2D eigenvalue weighted by atomic mass is 9.86. The van der Waals surface area contributed by atoms with Crippen LogP contribution in [0, 0.1) is 5.92 Å². The summed E-state index contributed by atoms with van der Waals surface area (Å²) in [5, 5.41) is 6.51. The number of alkyl carbamates (subject to hydrolysis) is 1. The number of methoxy groups -OCH3 is 1. The minimum Gasteiger partial charge on any atom is -0.465 e. The van der Waals surface area contributed by atoms with E-state index in [1.54, 1.807) is 30.5 Å². The van der Waals surface area contributed by atoms with Crippen LogP contribution < -0.4 is 10.6 Å². The second-order valence-electron chi connectivity index (χ2n) is 9.16. The summed E-state index contributed by atoms with van der Waals surface area (Å²) in [5.41, 5.74) is 0.972. The van der Waals surface area contributed by atoms with Crippen molar-refractivity contribution >= 4 is 28.9 Å². The van der Waals surface area contributed by atoms with E-state index < -0.39 is 17.7 Å². The van der Waals surface area contributed by atoms with E-state index in [-0.39, 0.29) is 11.9 Å². The molecular weight excluding hydrogens is 410 g/mol. The number of benzene rings is 1. The molecule has 0 spiro atoms. The van der Waals surface area contributed by atoms with Crippen LogP contribution >= 0.6 is 0 Å². The highest BCUT2D eigenvalue weighted by atomic mass is 16.6. The van der Waals surface area contributed by atoms with Crippen LogP contribution in [0.3, 0.4) is 0 Å². The van der Waals surface area contributed by atoms with Gasteiger partial charge < -0.3 is 20.1 Å². The number of nitrogens with zero attached hydrogens (tertiary/aromatic N) is 1. The Balaban J connectivity index is 1.54. The van der Waals surface area contributed by atoms with E-state index in [4.69, 9.17) is 9.47 Å². The molecule has 1 aliphatic rings. The zero-order chi connectivity index (χ0) is 23.3. The first kappa shape index (κ1) is 23.5. The summed E-state index contributed by atoms with van der Waals surface area (Å²) >= 11 is 0. The second kappa shape index (κ2) is 9.97. The Hall–Kier alpha value is -3.16. The molecule has 1 aliphatic carbocycles.